The molecule has 0 N–H and O–H groups in total. The van der Waals surface area contributed by atoms with E-state index >= 15 is 0 Å². The van der Waals surface area contributed by atoms with Crippen molar-refractivity contribution >= 4 is 49.8 Å². The Kier molecular flexibility index (Phi) is 5.82. The Morgan fingerprint density at radius 1 is 0.381 bits per heavy atom. The molecule has 0 fully saturated rings. The molecule has 0 amide bonds. The van der Waals surface area contributed by atoms with Crippen molar-refractivity contribution in [3.05, 3.63) is 164 Å². The maximum absolute atomic E-state index is 6.27. The van der Waals surface area contributed by atoms with Crippen molar-refractivity contribution in [2.45, 2.75) is 0 Å². The Bertz CT molecular complexity index is 2190. The molecule has 0 radical (unpaired) electrons. The van der Waals surface area contributed by atoms with Crippen LogP contribution >= 0.6 is 0 Å². The molecule has 0 spiro atoms. The lowest BCUT2D eigenvalue weighted by atomic mass is 9.93. The zero-order chi connectivity index (χ0) is 27.9. The van der Waals surface area contributed by atoms with E-state index in [1.165, 1.54) is 27.5 Å². The summed E-state index contributed by atoms with van der Waals surface area (Å²) in [5.74, 6) is 0. The van der Waals surface area contributed by atoms with Crippen LogP contribution in [0.2, 0.25) is 0 Å². The first-order chi connectivity index (χ1) is 20.8. The Labute approximate surface area is 244 Å². The summed E-state index contributed by atoms with van der Waals surface area (Å²) in [7, 11) is 0. The van der Waals surface area contributed by atoms with E-state index in [1.54, 1.807) is 0 Å². The van der Waals surface area contributed by atoms with Gasteiger partial charge in [-0.05, 0) is 76.2 Å². The van der Waals surface area contributed by atoms with Crippen LogP contribution in [-0.2, 0) is 0 Å². The van der Waals surface area contributed by atoms with Crippen LogP contribution in [-0.4, -0.2) is 0 Å². The van der Waals surface area contributed by atoms with Gasteiger partial charge in [0.05, 0.1) is 5.69 Å². The average molecular weight is 538 g/mol. The molecular weight excluding hydrogens is 510 g/mol. The van der Waals surface area contributed by atoms with E-state index in [0.29, 0.717) is 0 Å². The van der Waals surface area contributed by atoms with Crippen molar-refractivity contribution in [1.29, 1.82) is 0 Å². The van der Waals surface area contributed by atoms with Gasteiger partial charge in [-0.3, -0.25) is 0 Å². The SMILES string of the molecule is c1ccc(-c2cc(N(c3ccccc3)c3cccc4ccccc34)ccc2-c2ccc3c(c2)oc2ccccc23)cc1. The predicted molar refractivity (Wildman–Crippen MR) is 177 cm³/mol. The lowest BCUT2D eigenvalue weighted by Gasteiger charge is -2.28. The molecule has 8 aromatic rings. The number of nitrogens with zero attached hydrogens (tertiary/aromatic N) is 1. The van der Waals surface area contributed by atoms with E-state index in [1.807, 2.05) is 12.1 Å². The molecule has 0 unspecified atom stereocenters. The molecule has 0 atom stereocenters. The maximum atomic E-state index is 6.27. The van der Waals surface area contributed by atoms with Crippen molar-refractivity contribution in [3.63, 3.8) is 0 Å². The summed E-state index contributed by atoms with van der Waals surface area (Å²) in [4.78, 5) is 2.36. The first kappa shape index (κ1) is 24.2. The molecule has 0 bridgehead atoms. The summed E-state index contributed by atoms with van der Waals surface area (Å²) in [6.07, 6.45) is 0. The molecule has 198 valence electrons. The summed E-state index contributed by atoms with van der Waals surface area (Å²) in [5, 5.41) is 4.71. The molecule has 7 aromatic carbocycles. The fourth-order valence-electron chi connectivity index (χ4n) is 6.08. The van der Waals surface area contributed by atoms with Crippen LogP contribution in [0.5, 0.6) is 0 Å². The predicted octanol–water partition coefficient (Wildman–Crippen LogP) is 11.5. The first-order valence-corrected chi connectivity index (χ1v) is 14.3. The number of para-hydroxylation sites is 2. The van der Waals surface area contributed by atoms with E-state index in [4.69, 9.17) is 4.42 Å². The summed E-state index contributed by atoms with van der Waals surface area (Å²) in [6.45, 7) is 0. The summed E-state index contributed by atoms with van der Waals surface area (Å²) in [6, 6.07) is 58.0. The third-order valence-electron chi connectivity index (χ3n) is 8.06. The first-order valence-electron chi connectivity index (χ1n) is 14.3. The Hall–Kier alpha value is -5.60. The number of hydrogen-bond acceptors (Lipinski definition) is 2. The van der Waals surface area contributed by atoms with Crippen LogP contribution in [0.3, 0.4) is 0 Å². The molecule has 0 saturated carbocycles. The minimum Gasteiger partial charge on any atom is -0.456 e. The van der Waals surface area contributed by atoms with Gasteiger partial charge in [-0.15, -0.1) is 0 Å². The molecule has 1 aromatic heterocycles. The third-order valence-corrected chi connectivity index (χ3v) is 8.06. The van der Waals surface area contributed by atoms with E-state index in [-0.39, 0.29) is 0 Å². The Balaban J connectivity index is 1.35. The minimum absolute atomic E-state index is 0.901. The second-order valence-corrected chi connectivity index (χ2v) is 10.6. The molecule has 0 aliphatic carbocycles. The lowest BCUT2D eigenvalue weighted by molar-refractivity contribution is 0.669. The molecule has 2 nitrogen and oxygen atoms in total. The fraction of sp³-hybridized carbons (Fsp3) is 0. The van der Waals surface area contributed by atoms with E-state index in [2.05, 4.69) is 157 Å². The molecule has 0 saturated heterocycles. The Morgan fingerprint density at radius 3 is 1.93 bits per heavy atom. The van der Waals surface area contributed by atoms with Gasteiger partial charge in [0.25, 0.3) is 0 Å². The highest BCUT2D eigenvalue weighted by atomic mass is 16.3. The molecule has 8 rings (SSSR count). The van der Waals surface area contributed by atoms with Crippen LogP contribution in [0.1, 0.15) is 0 Å². The maximum Gasteiger partial charge on any atom is 0.136 e. The molecule has 2 heteroatoms. The third kappa shape index (κ3) is 4.13. The summed E-state index contributed by atoms with van der Waals surface area (Å²) < 4.78 is 6.27. The van der Waals surface area contributed by atoms with Crippen molar-refractivity contribution < 1.29 is 4.42 Å². The number of hydrogen-bond donors (Lipinski definition) is 0. The smallest absolute Gasteiger partial charge is 0.136 e. The van der Waals surface area contributed by atoms with Gasteiger partial charge in [-0.25, -0.2) is 0 Å². The number of rotatable bonds is 5. The molecular formula is C40H27NO. The standard InChI is InChI=1S/C40H27NO/c1-3-12-29(13-4-1)37-27-32(23-25-33(37)30-22-24-36-35-19-9-10-21-39(35)42-40(36)26-30)41(31-16-5-2-6-17-31)38-20-11-15-28-14-7-8-18-34(28)38/h1-27H. The van der Waals surface area contributed by atoms with Crippen molar-refractivity contribution in [1.82, 2.24) is 0 Å². The van der Waals surface area contributed by atoms with Gasteiger partial charge in [-0.1, -0.05) is 115 Å². The van der Waals surface area contributed by atoms with Gasteiger partial charge in [0.2, 0.25) is 0 Å². The van der Waals surface area contributed by atoms with E-state index < -0.39 is 0 Å². The van der Waals surface area contributed by atoms with Gasteiger partial charge in [0, 0.05) is 27.5 Å². The van der Waals surface area contributed by atoms with E-state index in [9.17, 15) is 0 Å². The number of anilines is 3. The second-order valence-electron chi connectivity index (χ2n) is 10.6. The average Bonchev–Trinajstić information content (AvgIpc) is 3.44. The molecule has 42 heavy (non-hydrogen) atoms. The minimum atomic E-state index is 0.901. The Morgan fingerprint density at radius 2 is 1.07 bits per heavy atom. The van der Waals surface area contributed by atoms with E-state index in [0.717, 1.165) is 44.6 Å². The topological polar surface area (TPSA) is 16.4 Å². The van der Waals surface area contributed by atoms with Crippen molar-refractivity contribution in [2.24, 2.45) is 0 Å². The highest BCUT2D eigenvalue weighted by Gasteiger charge is 2.18. The highest BCUT2D eigenvalue weighted by Crippen LogP contribution is 2.43. The largest absolute Gasteiger partial charge is 0.456 e. The van der Waals surface area contributed by atoms with Gasteiger partial charge < -0.3 is 9.32 Å². The molecule has 0 aliphatic heterocycles. The fourth-order valence-corrected chi connectivity index (χ4v) is 6.08. The zero-order valence-corrected chi connectivity index (χ0v) is 22.9. The second kappa shape index (κ2) is 10.1. The quantitative estimate of drug-likeness (QED) is 0.217. The van der Waals surface area contributed by atoms with Crippen LogP contribution in [0.25, 0.3) is 55.0 Å². The zero-order valence-electron chi connectivity index (χ0n) is 22.9. The number of furan rings is 1. The van der Waals surface area contributed by atoms with Gasteiger partial charge in [-0.2, -0.15) is 0 Å². The number of benzene rings is 7. The van der Waals surface area contributed by atoms with Crippen molar-refractivity contribution in [2.75, 3.05) is 4.90 Å². The van der Waals surface area contributed by atoms with Gasteiger partial charge in [0.1, 0.15) is 11.2 Å². The number of fused-ring (bicyclic) bond motifs is 4. The summed E-state index contributed by atoms with van der Waals surface area (Å²) >= 11 is 0. The molecule has 0 aliphatic rings. The van der Waals surface area contributed by atoms with Crippen molar-refractivity contribution in [3.8, 4) is 22.3 Å². The molecule has 1 heterocycles. The van der Waals surface area contributed by atoms with Crippen LogP contribution in [0.15, 0.2) is 168 Å². The van der Waals surface area contributed by atoms with Gasteiger partial charge in [0.15, 0.2) is 0 Å². The van der Waals surface area contributed by atoms with Crippen LogP contribution in [0.4, 0.5) is 17.1 Å². The monoisotopic (exact) mass is 537 g/mol. The highest BCUT2D eigenvalue weighted by molar-refractivity contribution is 6.06. The normalized spacial score (nSPS) is 11.3. The summed E-state index contributed by atoms with van der Waals surface area (Å²) in [5.41, 5.74) is 9.82. The van der Waals surface area contributed by atoms with Crippen LogP contribution in [0, 0.1) is 0 Å². The van der Waals surface area contributed by atoms with Crippen LogP contribution < -0.4 is 4.90 Å². The van der Waals surface area contributed by atoms with Gasteiger partial charge >= 0.3 is 0 Å². The lowest BCUT2D eigenvalue weighted by Crippen LogP contribution is -2.10.